The molecule has 5 nitrogen and oxygen atoms in total. The molecular formula is C13H21NO4S2. The van der Waals surface area contributed by atoms with E-state index in [1.165, 1.54) is 0 Å². The number of ether oxygens (including phenoxy) is 3. The van der Waals surface area contributed by atoms with E-state index in [0.29, 0.717) is 39.6 Å². The van der Waals surface area contributed by atoms with Gasteiger partial charge in [-0.1, -0.05) is 16.9 Å². The summed E-state index contributed by atoms with van der Waals surface area (Å²) in [5, 5.41) is 9.51. The molecule has 0 aliphatic heterocycles. The fraction of sp³-hybridized carbons (Fsp3) is 0.615. The fourth-order valence-corrected chi connectivity index (χ4v) is 2.94. The second-order valence-corrected chi connectivity index (χ2v) is 6.07. The molecule has 1 heterocycles. The fourth-order valence-electron chi connectivity index (χ4n) is 1.20. The van der Waals surface area contributed by atoms with Gasteiger partial charge in [-0.15, -0.1) is 0 Å². The Morgan fingerprint density at radius 2 is 1.65 bits per heavy atom. The van der Waals surface area contributed by atoms with Gasteiger partial charge in [0, 0.05) is 11.9 Å². The first kappa shape index (κ1) is 17.7. The number of nitrogens with zero attached hydrogens (tertiary/aromatic N) is 1. The van der Waals surface area contributed by atoms with E-state index in [1.54, 1.807) is 27.8 Å². The van der Waals surface area contributed by atoms with Gasteiger partial charge in [-0.05, 0) is 22.9 Å². The first-order valence-electron chi connectivity index (χ1n) is 6.48. The summed E-state index contributed by atoms with van der Waals surface area (Å²) in [6.45, 7) is 3.33. The molecule has 7 heteroatoms. The largest absolute Gasteiger partial charge is 0.394 e. The maximum absolute atomic E-state index is 8.49. The van der Waals surface area contributed by atoms with E-state index < -0.39 is 0 Å². The van der Waals surface area contributed by atoms with Crippen LogP contribution in [-0.2, 0) is 14.2 Å². The highest BCUT2D eigenvalue weighted by molar-refractivity contribution is 8.76. The summed E-state index contributed by atoms with van der Waals surface area (Å²) in [5.74, 6) is 0.918. The molecule has 0 fully saturated rings. The molecule has 1 aromatic heterocycles. The van der Waals surface area contributed by atoms with Crippen LogP contribution in [0, 0.1) is 0 Å². The summed E-state index contributed by atoms with van der Waals surface area (Å²) in [4.78, 5) is 4.22. The molecular weight excluding hydrogens is 298 g/mol. The zero-order chi connectivity index (χ0) is 14.3. The SMILES string of the molecule is OCCOCCOCCOCCSSc1ccccn1. The van der Waals surface area contributed by atoms with Crippen molar-refractivity contribution in [3.8, 4) is 0 Å². The van der Waals surface area contributed by atoms with Crippen molar-refractivity contribution in [3.63, 3.8) is 0 Å². The van der Waals surface area contributed by atoms with Gasteiger partial charge in [-0.25, -0.2) is 4.98 Å². The molecule has 20 heavy (non-hydrogen) atoms. The Kier molecular flexibility index (Phi) is 12.1. The van der Waals surface area contributed by atoms with Crippen LogP contribution in [-0.4, -0.2) is 62.1 Å². The molecule has 0 aliphatic carbocycles. The predicted octanol–water partition coefficient (Wildman–Crippen LogP) is 1.86. The Balaban J connectivity index is 1.77. The van der Waals surface area contributed by atoms with Crippen LogP contribution in [0.3, 0.4) is 0 Å². The van der Waals surface area contributed by atoms with Crippen molar-refractivity contribution >= 4 is 21.6 Å². The van der Waals surface area contributed by atoms with Gasteiger partial charge in [0.25, 0.3) is 0 Å². The number of pyridine rings is 1. The van der Waals surface area contributed by atoms with Crippen molar-refractivity contribution in [2.45, 2.75) is 5.03 Å². The summed E-state index contributed by atoms with van der Waals surface area (Å²) in [5.41, 5.74) is 0. The van der Waals surface area contributed by atoms with Crippen molar-refractivity contribution in [2.24, 2.45) is 0 Å². The number of hydrogen-bond donors (Lipinski definition) is 1. The van der Waals surface area contributed by atoms with Crippen LogP contribution in [0.15, 0.2) is 29.4 Å². The van der Waals surface area contributed by atoms with Gasteiger partial charge < -0.3 is 19.3 Å². The van der Waals surface area contributed by atoms with Gasteiger partial charge in [0.2, 0.25) is 0 Å². The van der Waals surface area contributed by atoms with Crippen molar-refractivity contribution in [2.75, 3.05) is 52.0 Å². The molecule has 0 saturated heterocycles. The standard InChI is InChI=1S/C13H21NO4S2/c15-5-6-16-7-8-17-9-10-18-11-12-19-20-13-3-1-2-4-14-13/h1-4,15H,5-12H2. The number of rotatable bonds is 13. The van der Waals surface area contributed by atoms with Crippen LogP contribution in [0.5, 0.6) is 0 Å². The van der Waals surface area contributed by atoms with E-state index >= 15 is 0 Å². The summed E-state index contributed by atoms with van der Waals surface area (Å²) < 4.78 is 15.8. The molecule has 0 aliphatic rings. The monoisotopic (exact) mass is 319 g/mol. The molecule has 0 radical (unpaired) electrons. The van der Waals surface area contributed by atoms with Crippen molar-refractivity contribution < 1.29 is 19.3 Å². The lowest BCUT2D eigenvalue weighted by atomic mass is 10.5. The molecule has 1 aromatic rings. The number of hydrogen-bond acceptors (Lipinski definition) is 7. The van der Waals surface area contributed by atoms with Crippen LogP contribution >= 0.6 is 21.6 Å². The third kappa shape index (κ3) is 10.5. The number of aromatic nitrogens is 1. The Hall–Kier alpha value is -0.310. The molecule has 0 amide bonds. The normalized spacial score (nSPS) is 10.8. The van der Waals surface area contributed by atoms with Gasteiger partial charge in [0.1, 0.15) is 5.03 Å². The predicted molar refractivity (Wildman–Crippen MR) is 82.1 cm³/mol. The van der Waals surface area contributed by atoms with E-state index in [4.69, 9.17) is 19.3 Å². The Morgan fingerprint density at radius 1 is 0.950 bits per heavy atom. The highest BCUT2D eigenvalue weighted by Crippen LogP contribution is 2.28. The van der Waals surface area contributed by atoms with Gasteiger partial charge in [0.05, 0.1) is 46.2 Å². The highest BCUT2D eigenvalue weighted by Gasteiger charge is 1.95. The Morgan fingerprint density at radius 3 is 2.30 bits per heavy atom. The lowest BCUT2D eigenvalue weighted by Crippen LogP contribution is -2.11. The Labute approximate surface area is 127 Å². The van der Waals surface area contributed by atoms with Crippen LogP contribution in [0.1, 0.15) is 0 Å². The molecule has 0 bridgehead atoms. The Bertz CT molecular complexity index is 316. The number of aliphatic hydroxyl groups excluding tert-OH is 1. The van der Waals surface area contributed by atoms with E-state index in [-0.39, 0.29) is 6.61 Å². The average Bonchev–Trinajstić information content (AvgIpc) is 2.49. The molecule has 0 spiro atoms. The summed E-state index contributed by atoms with van der Waals surface area (Å²) >= 11 is 0. The van der Waals surface area contributed by atoms with Gasteiger partial charge in [0.15, 0.2) is 0 Å². The van der Waals surface area contributed by atoms with Gasteiger partial charge in [-0.2, -0.15) is 0 Å². The van der Waals surface area contributed by atoms with E-state index in [0.717, 1.165) is 10.8 Å². The first-order chi connectivity index (χ1) is 9.93. The van der Waals surface area contributed by atoms with Crippen molar-refractivity contribution in [1.82, 2.24) is 4.98 Å². The second-order valence-electron chi connectivity index (χ2n) is 3.63. The van der Waals surface area contributed by atoms with Crippen LogP contribution in [0.2, 0.25) is 0 Å². The summed E-state index contributed by atoms with van der Waals surface area (Å²) in [7, 11) is 3.39. The van der Waals surface area contributed by atoms with Gasteiger partial charge in [-0.3, -0.25) is 0 Å². The van der Waals surface area contributed by atoms with Crippen LogP contribution in [0.25, 0.3) is 0 Å². The van der Waals surface area contributed by atoms with E-state index in [2.05, 4.69) is 4.98 Å². The molecule has 0 unspecified atom stereocenters. The minimum Gasteiger partial charge on any atom is -0.394 e. The third-order valence-electron chi connectivity index (χ3n) is 2.07. The quantitative estimate of drug-likeness (QED) is 0.440. The molecule has 1 N–H and O–H groups in total. The molecule has 114 valence electrons. The van der Waals surface area contributed by atoms with E-state index in [9.17, 15) is 0 Å². The van der Waals surface area contributed by atoms with Crippen molar-refractivity contribution in [3.05, 3.63) is 24.4 Å². The van der Waals surface area contributed by atoms with Crippen molar-refractivity contribution in [1.29, 1.82) is 0 Å². The lowest BCUT2D eigenvalue weighted by Gasteiger charge is -2.06. The molecule has 1 rings (SSSR count). The topological polar surface area (TPSA) is 60.8 Å². The van der Waals surface area contributed by atoms with Crippen LogP contribution < -0.4 is 0 Å². The minimum atomic E-state index is 0.0529. The second kappa shape index (κ2) is 13.7. The zero-order valence-electron chi connectivity index (χ0n) is 11.4. The lowest BCUT2D eigenvalue weighted by molar-refractivity contribution is 0.0100. The maximum Gasteiger partial charge on any atom is 0.106 e. The average molecular weight is 319 g/mol. The molecule has 0 aromatic carbocycles. The third-order valence-corrected chi connectivity index (χ3v) is 4.30. The summed E-state index contributed by atoms with van der Waals surface area (Å²) in [6.07, 6.45) is 1.79. The molecule has 0 saturated carbocycles. The van der Waals surface area contributed by atoms with Crippen LogP contribution in [0.4, 0.5) is 0 Å². The van der Waals surface area contributed by atoms with E-state index in [1.807, 2.05) is 18.2 Å². The summed E-state index contributed by atoms with van der Waals surface area (Å²) in [6, 6.07) is 5.88. The first-order valence-corrected chi connectivity index (χ1v) is 8.80. The highest BCUT2D eigenvalue weighted by atomic mass is 33.1. The smallest absolute Gasteiger partial charge is 0.106 e. The zero-order valence-corrected chi connectivity index (χ0v) is 13.0. The maximum atomic E-state index is 8.49. The molecule has 0 atom stereocenters. The minimum absolute atomic E-state index is 0.0529. The number of aliphatic hydroxyl groups is 1. The van der Waals surface area contributed by atoms with Gasteiger partial charge >= 0.3 is 0 Å².